The monoisotopic (exact) mass is 286 g/mol. The van der Waals surface area contributed by atoms with Gasteiger partial charge in [0.05, 0.1) is 6.54 Å². The van der Waals surface area contributed by atoms with Crippen molar-refractivity contribution in [3.8, 4) is 0 Å². The molecule has 0 bridgehead atoms. The fraction of sp³-hybridized carbons (Fsp3) is 0.933. The third kappa shape index (κ3) is 5.74. The maximum atomic E-state index is 11.8. The summed E-state index contributed by atoms with van der Waals surface area (Å²) < 4.78 is 0.368. The molecule has 1 saturated carbocycles. The Balaban J connectivity index is 2.26. The standard InChI is InChI=1S/C15H30N2OS/c1-4-13(5-2)17-14(18)11-16-12-15(19-3)9-7-6-8-10-15/h13,16H,4-12H2,1-3H3,(H,17,18). The first-order valence-electron chi connectivity index (χ1n) is 7.71. The summed E-state index contributed by atoms with van der Waals surface area (Å²) in [7, 11) is 0. The van der Waals surface area contributed by atoms with Crippen LogP contribution in [-0.2, 0) is 4.79 Å². The van der Waals surface area contributed by atoms with E-state index < -0.39 is 0 Å². The number of thioether (sulfide) groups is 1. The Morgan fingerprint density at radius 2 is 1.84 bits per heavy atom. The molecule has 0 aromatic heterocycles. The molecule has 0 aliphatic heterocycles. The molecule has 19 heavy (non-hydrogen) atoms. The summed E-state index contributed by atoms with van der Waals surface area (Å²) in [6.07, 6.45) is 10.8. The van der Waals surface area contributed by atoms with Gasteiger partial charge in [-0.05, 0) is 31.9 Å². The summed E-state index contributed by atoms with van der Waals surface area (Å²) in [6, 6.07) is 0.332. The molecule has 0 radical (unpaired) electrons. The zero-order chi connectivity index (χ0) is 14.1. The van der Waals surface area contributed by atoms with Crippen LogP contribution < -0.4 is 10.6 Å². The number of amides is 1. The highest BCUT2D eigenvalue weighted by Gasteiger charge is 2.30. The van der Waals surface area contributed by atoms with Gasteiger partial charge in [-0.1, -0.05) is 33.1 Å². The van der Waals surface area contributed by atoms with Gasteiger partial charge in [-0.2, -0.15) is 11.8 Å². The van der Waals surface area contributed by atoms with Crippen LogP contribution in [0, 0.1) is 0 Å². The Hall–Kier alpha value is -0.220. The van der Waals surface area contributed by atoms with Crippen molar-refractivity contribution >= 4 is 17.7 Å². The second kappa shape index (κ2) is 8.85. The molecule has 0 saturated heterocycles. The molecular formula is C15H30N2OS. The number of hydrogen-bond acceptors (Lipinski definition) is 3. The Morgan fingerprint density at radius 3 is 2.37 bits per heavy atom. The maximum absolute atomic E-state index is 11.8. The smallest absolute Gasteiger partial charge is 0.234 e. The van der Waals surface area contributed by atoms with Crippen molar-refractivity contribution in [3.05, 3.63) is 0 Å². The highest BCUT2D eigenvalue weighted by molar-refractivity contribution is 8.00. The number of hydrogen-bond donors (Lipinski definition) is 2. The Labute approximate surface area is 122 Å². The first-order chi connectivity index (χ1) is 9.15. The summed E-state index contributed by atoms with van der Waals surface area (Å²) in [5.41, 5.74) is 0. The molecule has 0 unspecified atom stereocenters. The van der Waals surface area contributed by atoms with Crippen molar-refractivity contribution in [1.82, 2.24) is 10.6 Å². The predicted octanol–water partition coefficient (Wildman–Crippen LogP) is 2.95. The molecule has 1 amide bonds. The minimum atomic E-state index is 0.140. The van der Waals surface area contributed by atoms with E-state index in [4.69, 9.17) is 0 Å². The number of nitrogens with one attached hydrogen (secondary N) is 2. The minimum Gasteiger partial charge on any atom is -0.352 e. The van der Waals surface area contributed by atoms with Crippen molar-refractivity contribution in [2.75, 3.05) is 19.3 Å². The Morgan fingerprint density at radius 1 is 1.21 bits per heavy atom. The van der Waals surface area contributed by atoms with Gasteiger partial charge >= 0.3 is 0 Å². The molecule has 0 aromatic carbocycles. The van der Waals surface area contributed by atoms with Crippen molar-refractivity contribution in [1.29, 1.82) is 0 Å². The Kier molecular flexibility index (Phi) is 7.84. The highest BCUT2D eigenvalue weighted by Crippen LogP contribution is 2.37. The van der Waals surface area contributed by atoms with E-state index in [-0.39, 0.29) is 5.91 Å². The molecular weight excluding hydrogens is 256 g/mol. The quantitative estimate of drug-likeness (QED) is 0.721. The average Bonchev–Trinajstić information content (AvgIpc) is 2.45. The van der Waals surface area contributed by atoms with Gasteiger partial charge in [0.2, 0.25) is 5.91 Å². The molecule has 2 N–H and O–H groups in total. The summed E-state index contributed by atoms with van der Waals surface area (Å²) in [5.74, 6) is 0.140. The van der Waals surface area contributed by atoms with E-state index in [1.807, 2.05) is 11.8 Å². The zero-order valence-corrected chi connectivity index (χ0v) is 13.6. The van der Waals surface area contributed by atoms with Gasteiger partial charge in [-0.3, -0.25) is 4.79 Å². The van der Waals surface area contributed by atoms with Crippen molar-refractivity contribution in [2.45, 2.75) is 69.6 Å². The van der Waals surface area contributed by atoms with E-state index in [0.29, 0.717) is 17.3 Å². The van der Waals surface area contributed by atoms with Crippen LogP contribution in [0.2, 0.25) is 0 Å². The lowest BCUT2D eigenvalue weighted by atomic mass is 9.88. The van der Waals surface area contributed by atoms with Crippen LogP contribution in [0.25, 0.3) is 0 Å². The molecule has 0 atom stereocenters. The van der Waals surface area contributed by atoms with E-state index in [2.05, 4.69) is 30.7 Å². The first kappa shape index (κ1) is 16.8. The SMILES string of the molecule is CCC(CC)NC(=O)CNCC1(SC)CCCCC1. The van der Waals surface area contributed by atoms with Crippen LogP contribution in [0.15, 0.2) is 0 Å². The van der Waals surface area contributed by atoms with Gasteiger partial charge in [0.1, 0.15) is 0 Å². The van der Waals surface area contributed by atoms with E-state index in [9.17, 15) is 4.79 Å². The van der Waals surface area contributed by atoms with Gasteiger partial charge in [0, 0.05) is 17.3 Å². The molecule has 4 heteroatoms. The summed E-state index contributed by atoms with van der Waals surface area (Å²) >= 11 is 1.97. The highest BCUT2D eigenvalue weighted by atomic mass is 32.2. The van der Waals surface area contributed by atoms with Gasteiger partial charge in [-0.25, -0.2) is 0 Å². The van der Waals surface area contributed by atoms with Gasteiger partial charge in [-0.15, -0.1) is 0 Å². The molecule has 112 valence electrons. The molecule has 0 spiro atoms. The topological polar surface area (TPSA) is 41.1 Å². The molecule has 1 fully saturated rings. The Bertz CT molecular complexity index is 261. The predicted molar refractivity (Wildman–Crippen MR) is 84.7 cm³/mol. The largest absolute Gasteiger partial charge is 0.352 e. The van der Waals surface area contributed by atoms with Crippen molar-refractivity contribution in [2.24, 2.45) is 0 Å². The third-order valence-corrected chi connectivity index (χ3v) is 5.70. The second-order valence-electron chi connectivity index (χ2n) is 5.63. The van der Waals surface area contributed by atoms with Crippen LogP contribution in [0.1, 0.15) is 58.8 Å². The fourth-order valence-corrected chi connectivity index (χ4v) is 3.77. The zero-order valence-electron chi connectivity index (χ0n) is 12.8. The van der Waals surface area contributed by atoms with Crippen molar-refractivity contribution < 1.29 is 4.79 Å². The van der Waals surface area contributed by atoms with E-state index in [1.54, 1.807) is 0 Å². The molecule has 1 aliphatic carbocycles. The maximum Gasteiger partial charge on any atom is 0.234 e. The summed E-state index contributed by atoms with van der Waals surface area (Å²) in [5, 5.41) is 6.44. The van der Waals surface area contributed by atoms with Crippen LogP contribution >= 0.6 is 11.8 Å². The van der Waals surface area contributed by atoms with E-state index >= 15 is 0 Å². The number of rotatable bonds is 8. The van der Waals surface area contributed by atoms with Crippen LogP contribution in [0.5, 0.6) is 0 Å². The molecule has 1 aliphatic rings. The molecule has 0 heterocycles. The second-order valence-corrected chi connectivity index (χ2v) is 6.91. The fourth-order valence-electron chi connectivity index (χ4n) is 2.82. The third-order valence-electron chi connectivity index (χ3n) is 4.28. The molecule has 1 rings (SSSR count). The van der Waals surface area contributed by atoms with Crippen LogP contribution in [-0.4, -0.2) is 36.0 Å². The molecule has 0 aromatic rings. The average molecular weight is 286 g/mol. The van der Waals surface area contributed by atoms with E-state index in [1.165, 1.54) is 32.1 Å². The van der Waals surface area contributed by atoms with Gasteiger partial charge < -0.3 is 10.6 Å². The normalized spacial score (nSPS) is 18.5. The minimum absolute atomic E-state index is 0.140. The lowest BCUT2D eigenvalue weighted by molar-refractivity contribution is -0.121. The van der Waals surface area contributed by atoms with Crippen LogP contribution in [0.3, 0.4) is 0 Å². The lowest BCUT2D eigenvalue weighted by Crippen LogP contribution is -2.45. The summed E-state index contributed by atoms with van der Waals surface area (Å²) in [6.45, 7) is 5.66. The molecule has 3 nitrogen and oxygen atoms in total. The van der Waals surface area contributed by atoms with Crippen molar-refractivity contribution in [3.63, 3.8) is 0 Å². The summed E-state index contributed by atoms with van der Waals surface area (Å²) in [4.78, 5) is 11.8. The van der Waals surface area contributed by atoms with Crippen LogP contribution in [0.4, 0.5) is 0 Å². The lowest BCUT2D eigenvalue weighted by Gasteiger charge is -2.36. The number of carbonyl (C=O) groups is 1. The van der Waals surface area contributed by atoms with Gasteiger partial charge in [0.25, 0.3) is 0 Å². The van der Waals surface area contributed by atoms with Gasteiger partial charge in [0.15, 0.2) is 0 Å². The van der Waals surface area contributed by atoms with E-state index in [0.717, 1.165) is 19.4 Å². The first-order valence-corrected chi connectivity index (χ1v) is 8.93. The number of carbonyl (C=O) groups excluding carboxylic acids is 1.